The zero-order valence-corrected chi connectivity index (χ0v) is 39.0. The summed E-state index contributed by atoms with van der Waals surface area (Å²) >= 11 is 0. The third-order valence-corrected chi connectivity index (χ3v) is 14.0. The summed E-state index contributed by atoms with van der Waals surface area (Å²) in [7, 11) is 1.63. The van der Waals surface area contributed by atoms with Gasteiger partial charge in [0, 0.05) is 53.6 Å². The predicted octanol–water partition coefficient (Wildman–Crippen LogP) is 10.4. The molecule has 1 aliphatic rings. The molecule has 1 saturated heterocycles. The highest BCUT2D eigenvalue weighted by atomic mass is 31.2. The maximum atomic E-state index is 14.2. The maximum absolute atomic E-state index is 14.2. The second kappa shape index (κ2) is 21.1. The summed E-state index contributed by atoms with van der Waals surface area (Å²) in [5.41, 5.74) is 4.13. The molecule has 0 bridgehead atoms. The second-order valence-corrected chi connectivity index (χ2v) is 17.8. The molecule has 0 amide bonds. The van der Waals surface area contributed by atoms with Gasteiger partial charge in [-0.1, -0.05) is 60.7 Å². The largest absolute Gasteiger partial charge is 0.497 e. The number of nitrogens with zero attached hydrogens (tertiary/aromatic N) is 4. The van der Waals surface area contributed by atoms with Gasteiger partial charge in [-0.05, 0) is 107 Å². The van der Waals surface area contributed by atoms with Gasteiger partial charge >= 0.3 is 0 Å². The van der Waals surface area contributed by atoms with Crippen LogP contribution in [0, 0.1) is 11.3 Å². The van der Waals surface area contributed by atoms with Crippen LogP contribution in [0.5, 0.6) is 11.5 Å². The van der Waals surface area contributed by atoms with Crippen molar-refractivity contribution in [2.75, 3.05) is 45.4 Å². The number of anilines is 1. The van der Waals surface area contributed by atoms with Crippen molar-refractivity contribution >= 4 is 36.1 Å². The number of aromatic amines is 1. The first-order chi connectivity index (χ1) is 31.0. The number of aromatic nitrogens is 2. The van der Waals surface area contributed by atoms with Gasteiger partial charge in [-0.25, -0.2) is 9.65 Å². The minimum atomic E-state index is -1.67. The molecular weight excluding hydrogens is 826 g/mol. The van der Waals surface area contributed by atoms with E-state index in [1.807, 2.05) is 72.8 Å². The minimum absolute atomic E-state index is 0.0747. The minimum Gasteiger partial charge on any atom is -0.497 e. The molecule has 1 N–H and O–H groups in total. The summed E-state index contributed by atoms with van der Waals surface area (Å²) in [6.07, 6.45) is -1.30. The van der Waals surface area contributed by atoms with Gasteiger partial charge < -0.3 is 37.9 Å². The van der Waals surface area contributed by atoms with Gasteiger partial charge in [-0.3, -0.25) is 4.79 Å². The first-order valence-electron chi connectivity index (χ1n) is 22.1. The molecule has 2 aromatic heterocycles. The number of nitrogens with one attached hydrogen (secondary N) is 1. The number of hydrogen-bond acceptors (Lipinski definition) is 11. The number of pyridine rings is 2. The Hall–Kier alpha value is -5.38. The van der Waals surface area contributed by atoms with Gasteiger partial charge in [0.2, 0.25) is 0 Å². The summed E-state index contributed by atoms with van der Waals surface area (Å²) in [6, 6.07) is 38.5. The summed E-state index contributed by atoms with van der Waals surface area (Å²) in [5.74, 6) is 1.43. The van der Waals surface area contributed by atoms with Crippen molar-refractivity contribution in [3.8, 4) is 17.6 Å². The zero-order chi connectivity index (χ0) is 45.4. The lowest BCUT2D eigenvalue weighted by molar-refractivity contribution is -0.0808. The topological polar surface area (TPSA) is 131 Å². The van der Waals surface area contributed by atoms with Crippen molar-refractivity contribution in [2.24, 2.45) is 0 Å². The summed E-state index contributed by atoms with van der Waals surface area (Å²) in [4.78, 5) is 24.4. The summed E-state index contributed by atoms with van der Waals surface area (Å²) in [6.45, 7) is 14.7. The molecule has 1 aliphatic heterocycles. The number of nitriles is 1. The fourth-order valence-corrected chi connectivity index (χ4v) is 10.4. The average Bonchev–Trinajstić information content (AvgIpc) is 3.71. The molecule has 3 heterocycles. The molecule has 7 rings (SSSR count). The van der Waals surface area contributed by atoms with Crippen molar-refractivity contribution in [3.63, 3.8) is 0 Å². The molecule has 0 saturated carbocycles. The van der Waals surface area contributed by atoms with E-state index in [4.69, 9.17) is 33.0 Å². The third-order valence-electron chi connectivity index (χ3n) is 11.8. The molecule has 64 heavy (non-hydrogen) atoms. The van der Waals surface area contributed by atoms with E-state index in [1.54, 1.807) is 14.2 Å². The molecule has 13 heteroatoms. The Kier molecular flexibility index (Phi) is 15.3. The van der Waals surface area contributed by atoms with Crippen LogP contribution in [0.1, 0.15) is 82.7 Å². The molecule has 0 aliphatic carbocycles. The van der Waals surface area contributed by atoms with E-state index in [1.165, 1.54) is 0 Å². The molecule has 0 spiro atoms. The Morgan fingerprint density at radius 1 is 0.844 bits per heavy atom. The van der Waals surface area contributed by atoms with Crippen molar-refractivity contribution < 1.29 is 28.0 Å². The second-order valence-electron chi connectivity index (χ2n) is 16.4. The Balaban J connectivity index is 1.31. The highest BCUT2D eigenvalue weighted by molar-refractivity contribution is 7.44. The lowest BCUT2D eigenvalue weighted by atomic mass is 9.80. The molecule has 6 aromatic rings. The smallest absolute Gasteiger partial charge is 0.259 e. The molecule has 336 valence electrons. The highest BCUT2D eigenvalue weighted by Gasteiger charge is 2.45. The molecule has 1 unspecified atom stereocenters. The lowest BCUT2D eigenvalue weighted by Crippen LogP contribution is -2.39. The fourth-order valence-electron chi connectivity index (χ4n) is 8.69. The number of fused-ring (bicyclic) bond motifs is 2. The number of H-pyrrole nitrogens is 1. The van der Waals surface area contributed by atoms with E-state index in [9.17, 15) is 10.1 Å². The van der Waals surface area contributed by atoms with Crippen LogP contribution in [0.2, 0.25) is 0 Å². The Bertz CT molecular complexity index is 2510. The molecule has 4 atom stereocenters. The van der Waals surface area contributed by atoms with Crippen LogP contribution in [0.15, 0.2) is 114 Å². The van der Waals surface area contributed by atoms with E-state index < -0.39 is 32.4 Å². The average molecular weight is 886 g/mol. The van der Waals surface area contributed by atoms with Gasteiger partial charge in [0.25, 0.3) is 14.1 Å². The standard InChI is InChI=1S/C51H60N5O7P/c1-9-55(10-2)41-22-17-36-29-37-30-44(50(57)54-49(37)53-45(36)31-41)46-32-47(63-64(61-28-14-27-52)56(34(3)4)35(5)6)48(62-46)33-60-51(38-15-12-11-13-16-38,39-18-23-42(58-7)24-19-39)40-20-25-43(59-8)26-21-40/h11-13,15-26,29-31,34-35,46-48H,9-10,14,28,32-33H2,1-8H3,(H,53,54,57)/t46-,47+,48-,64?/m1/s1. The van der Waals surface area contributed by atoms with Gasteiger partial charge in [0.1, 0.15) is 28.9 Å². The highest BCUT2D eigenvalue weighted by Crippen LogP contribution is 2.51. The zero-order valence-electron chi connectivity index (χ0n) is 38.1. The Labute approximate surface area is 378 Å². The van der Waals surface area contributed by atoms with Crippen LogP contribution >= 0.6 is 8.53 Å². The quantitative estimate of drug-likeness (QED) is 0.0340. The van der Waals surface area contributed by atoms with E-state index >= 15 is 0 Å². The maximum Gasteiger partial charge on any atom is 0.259 e. The van der Waals surface area contributed by atoms with Crippen LogP contribution < -0.4 is 19.9 Å². The van der Waals surface area contributed by atoms with Gasteiger partial charge in [-0.2, -0.15) is 5.26 Å². The van der Waals surface area contributed by atoms with E-state index in [-0.39, 0.29) is 37.3 Å². The van der Waals surface area contributed by atoms with Gasteiger partial charge in [0.15, 0.2) is 0 Å². The first-order valence-corrected chi connectivity index (χ1v) is 23.3. The predicted molar refractivity (Wildman–Crippen MR) is 254 cm³/mol. The van der Waals surface area contributed by atoms with Crippen LogP contribution in [-0.2, 0) is 24.1 Å². The lowest BCUT2D eigenvalue weighted by Gasteiger charge is -2.39. The summed E-state index contributed by atoms with van der Waals surface area (Å²) in [5, 5.41) is 11.2. The summed E-state index contributed by atoms with van der Waals surface area (Å²) < 4.78 is 41.2. The van der Waals surface area contributed by atoms with Gasteiger partial charge in [-0.15, -0.1) is 0 Å². The number of hydrogen-bond donors (Lipinski definition) is 1. The van der Waals surface area contributed by atoms with E-state index in [0.29, 0.717) is 29.1 Å². The molecule has 0 radical (unpaired) electrons. The SMILES string of the molecule is CCN(CC)c1ccc2cc3cc([C@H]4C[C@H](OP(OCCC#N)N(C(C)C)C(C)C)[C@@H](COC(c5ccccc5)(c5ccc(OC)cc5)c5ccc(OC)cc5)O4)c(=O)[nH]c3nc2c1. The van der Waals surface area contributed by atoms with Crippen LogP contribution in [0.25, 0.3) is 21.9 Å². The van der Waals surface area contributed by atoms with Crippen molar-refractivity contribution in [1.29, 1.82) is 5.26 Å². The van der Waals surface area contributed by atoms with E-state index in [2.05, 4.69) is 98.6 Å². The van der Waals surface area contributed by atoms with Crippen LogP contribution in [0.4, 0.5) is 5.69 Å². The first kappa shape index (κ1) is 46.6. The van der Waals surface area contributed by atoms with Crippen molar-refractivity contribution in [3.05, 3.63) is 142 Å². The number of benzene rings is 4. The molecule has 4 aromatic carbocycles. The fraction of sp³-hybridized carbons (Fsp3) is 0.392. The number of rotatable bonds is 20. The van der Waals surface area contributed by atoms with Crippen LogP contribution in [0.3, 0.4) is 0 Å². The molecule has 1 fully saturated rings. The monoisotopic (exact) mass is 885 g/mol. The van der Waals surface area contributed by atoms with Crippen molar-refractivity contribution in [1.82, 2.24) is 14.6 Å². The van der Waals surface area contributed by atoms with E-state index in [0.717, 1.165) is 51.8 Å². The van der Waals surface area contributed by atoms with Gasteiger partial charge in [0.05, 0.1) is 57.6 Å². The normalized spacial score (nSPS) is 17.1. The number of ether oxygens (including phenoxy) is 4. The Morgan fingerprint density at radius 2 is 1.47 bits per heavy atom. The third kappa shape index (κ3) is 9.96. The molecular formula is C51H60N5O7P. The van der Waals surface area contributed by atoms with Crippen molar-refractivity contribution in [2.45, 2.75) is 90.4 Å². The Morgan fingerprint density at radius 3 is 2.05 bits per heavy atom. The number of methoxy groups -OCH3 is 2. The molecule has 12 nitrogen and oxygen atoms in total. The van der Waals surface area contributed by atoms with Crippen LogP contribution in [-0.4, -0.2) is 79.5 Å².